The van der Waals surface area contributed by atoms with E-state index < -0.39 is 0 Å². The predicted octanol–water partition coefficient (Wildman–Crippen LogP) is 1.67. The summed E-state index contributed by atoms with van der Waals surface area (Å²) in [5.41, 5.74) is 11.8. The van der Waals surface area contributed by atoms with E-state index in [2.05, 4.69) is 6.92 Å². The van der Waals surface area contributed by atoms with Crippen molar-refractivity contribution in [2.24, 2.45) is 35.1 Å². The number of likely N-dealkylation sites (tertiary alicyclic amines) is 1. The second-order valence-corrected chi connectivity index (χ2v) is 7.71. The number of nitrogens with two attached hydrogens (primary N) is 2. The van der Waals surface area contributed by atoms with Crippen LogP contribution in [0.15, 0.2) is 0 Å². The molecule has 23 heavy (non-hydrogen) atoms. The second kappa shape index (κ2) is 7.39. The van der Waals surface area contributed by atoms with E-state index in [0.717, 1.165) is 25.7 Å². The SMILES string of the molecule is CC1CCC(C(N)=O)CN1C(=O)C1CC2CCCC(C1)C2N.Cl. The van der Waals surface area contributed by atoms with E-state index in [-0.39, 0.29) is 48.1 Å². The predicted molar refractivity (Wildman–Crippen MR) is 91.9 cm³/mol. The summed E-state index contributed by atoms with van der Waals surface area (Å²) in [6, 6.07) is 0.508. The molecule has 1 saturated heterocycles. The van der Waals surface area contributed by atoms with Gasteiger partial charge in [0.1, 0.15) is 0 Å². The van der Waals surface area contributed by atoms with Crippen LogP contribution in [-0.2, 0) is 9.59 Å². The van der Waals surface area contributed by atoms with E-state index >= 15 is 0 Å². The van der Waals surface area contributed by atoms with E-state index in [1.165, 1.54) is 19.3 Å². The highest BCUT2D eigenvalue weighted by molar-refractivity contribution is 5.85. The molecule has 4 atom stereocenters. The first kappa shape index (κ1) is 18.5. The quantitative estimate of drug-likeness (QED) is 0.799. The Kier molecular flexibility index (Phi) is 5.95. The molecule has 3 rings (SSSR count). The molecule has 5 nitrogen and oxygen atoms in total. The number of amides is 2. The molecule has 6 heteroatoms. The van der Waals surface area contributed by atoms with Crippen LogP contribution < -0.4 is 11.5 Å². The van der Waals surface area contributed by atoms with Crippen LogP contribution in [0.3, 0.4) is 0 Å². The minimum Gasteiger partial charge on any atom is -0.369 e. The van der Waals surface area contributed by atoms with Gasteiger partial charge in [-0.05, 0) is 57.3 Å². The number of rotatable bonds is 2. The molecule has 2 saturated carbocycles. The molecule has 2 amide bonds. The lowest BCUT2D eigenvalue weighted by Gasteiger charge is -2.46. The molecule has 2 aliphatic carbocycles. The minimum atomic E-state index is -0.271. The molecule has 3 fully saturated rings. The molecule has 132 valence electrons. The van der Waals surface area contributed by atoms with E-state index in [1.54, 1.807) is 0 Å². The normalized spacial score (nSPS) is 40.2. The van der Waals surface area contributed by atoms with Crippen molar-refractivity contribution in [2.45, 2.75) is 64.0 Å². The van der Waals surface area contributed by atoms with Crippen LogP contribution in [0, 0.1) is 23.7 Å². The van der Waals surface area contributed by atoms with Gasteiger partial charge in [0.25, 0.3) is 0 Å². The van der Waals surface area contributed by atoms with Crippen LogP contribution in [-0.4, -0.2) is 35.3 Å². The topological polar surface area (TPSA) is 89.4 Å². The fraction of sp³-hybridized carbons (Fsp3) is 0.882. The highest BCUT2D eigenvalue weighted by Crippen LogP contribution is 2.43. The Labute approximate surface area is 144 Å². The van der Waals surface area contributed by atoms with Gasteiger partial charge in [-0.15, -0.1) is 12.4 Å². The van der Waals surface area contributed by atoms with Crippen molar-refractivity contribution in [3.8, 4) is 0 Å². The molecule has 0 radical (unpaired) electrons. The highest BCUT2D eigenvalue weighted by Gasteiger charge is 2.43. The summed E-state index contributed by atoms with van der Waals surface area (Å²) < 4.78 is 0. The summed E-state index contributed by atoms with van der Waals surface area (Å²) >= 11 is 0. The standard InChI is InChI=1S/C17H29N3O2.ClH/c1-10-5-6-13(16(19)21)9-20(10)17(22)14-7-11-3-2-4-12(8-14)15(11)18;/h10-15H,2-9,18H2,1H3,(H2,19,21);1H. The lowest BCUT2D eigenvalue weighted by atomic mass is 9.64. The van der Waals surface area contributed by atoms with Gasteiger partial charge in [0.15, 0.2) is 0 Å². The maximum atomic E-state index is 13.0. The molecule has 0 spiro atoms. The van der Waals surface area contributed by atoms with Gasteiger partial charge in [-0.2, -0.15) is 0 Å². The Balaban J connectivity index is 0.00000192. The first-order chi connectivity index (χ1) is 10.5. The summed E-state index contributed by atoms with van der Waals surface area (Å²) in [4.78, 5) is 26.4. The molecule has 2 bridgehead atoms. The van der Waals surface area contributed by atoms with Gasteiger partial charge in [-0.1, -0.05) is 6.42 Å². The zero-order chi connectivity index (χ0) is 15.9. The number of primary amides is 1. The number of carbonyl (C=O) groups is 2. The fourth-order valence-corrected chi connectivity index (χ4v) is 4.87. The van der Waals surface area contributed by atoms with Crippen molar-refractivity contribution in [1.29, 1.82) is 0 Å². The van der Waals surface area contributed by atoms with Crippen LogP contribution in [0.2, 0.25) is 0 Å². The summed E-state index contributed by atoms with van der Waals surface area (Å²) in [6.45, 7) is 2.59. The Hall–Kier alpha value is -0.810. The average Bonchev–Trinajstić information content (AvgIpc) is 2.46. The Bertz CT molecular complexity index is 445. The molecule has 4 unspecified atom stereocenters. The first-order valence-corrected chi connectivity index (χ1v) is 8.82. The zero-order valence-electron chi connectivity index (χ0n) is 13.9. The van der Waals surface area contributed by atoms with Gasteiger partial charge in [0, 0.05) is 24.5 Å². The summed E-state index contributed by atoms with van der Waals surface area (Å²) in [5, 5.41) is 0. The van der Waals surface area contributed by atoms with Crippen LogP contribution in [0.5, 0.6) is 0 Å². The Morgan fingerprint density at radius 1 is 1.00 bits per heavy atom. The van der Waals surface area contributed by atoms with Crippen LogP contribution >= 0.6 is 12.4 Å². The third kappa shape index (κ3) is 3.66. The third-order valence-corrected chi connectivity index (χ3v) is 6.33. The maximum Gasteiger partial charge on any atom is 0.225 e. The molecular weight excluding hydrogens is 314 g/mol. The number of fused-ring (bicyclic) bond motifs is 2. The summed E-state index contributed by atoms with van der Waals surface area (Å²) in [7, 11) is 0. The highest BCUT2D eigenvalue weighted by atomic mass is 35.5. The second-order valence-electron chi connectivity index (χ2n) is 7.71. The van der Waals surface area contributed by atoms with Crippen molar-refractivity contribution in [2.75, 3.05) is 6.54 Å². The largest absolute Gasteiger partial charge is 0.369 e. The van der Waals surface area contributed by atoms with Gasteiger partial charge in [-0.25, -0.2) is 0 Å². The molecule has 0 aromatic rings. The smallest absolute Gasteiger partial charge is 0.225 e. The first-order valence-electron chi connectivity index (χ1n) is 8.82. The lowest BCUT2D eigenvalue weighted by molar-refractivity contribution is -0.144. The summed E-state index contributed by atoms with van der Waals surface area (Å²) in [6.07, 6.45) is 7.14. The van der Waals surface area contributed by atoms with Crippen LogP contribution in [0.25, 0.3) is 0 Å². The Morgan fingerprint density at radius 2 is 1.61 bits per heavy atom. The van der Waals surface area contributed by atoms with Crippen molar-refractivity contribution in [1.82, 2.24) is 4.90 Å². The van der Waals surface area contributed by atoms with Crippen LogP contribution in [0.1, 0.15) is 51.9 Å². The van der Waals surface area contributed by atoms with Gasteiger partial charge in [-0.3, -0.25) is 9.59 Å². The van der Waals surface area contributed by atoms with E-state index in [1.807, 2.05) is 4.90 Å². The number of hydrogen-bond acceptors (Lipinski definition) is 3. The minimum absolute atomic E-state index is 0. The molecule has 0 aromatic carbocycles. The Morgan fingerprint density at radius 3 is 2.17 bits per heavy atom. The molecule has 0 aromatic heterocycles. The number of carbonyl (C=O) groups excluding carboxylic acids is 2. The average molecular weight is 344 g/mol. The molecule has 4 N–H and O–H groups in total. The lowest BCUT2D eigenvalue weighted by Crippen LogP contribution is -2.54. The molecule has 1 aliphatic heterocycles. The number of hydrogen-bond donors (Lipinski definition) is 2. The van der Waals surface area contributed by atoms with Crippen molar-refractivity contribution in [3.63, 3.8) is 0 Å². The van der Waals surface area contributed by atoms with E-state index in [9.17, 15) is 9.59 Å². The van der Waals surface area contributed by atoms with Crippen LogP contribution in [0.4, 0.5) is 0 Å². The molecular formula is C17H30ClN3O2. The number of piperidine rings is 1. The van der Waals surface area contributed by atoms with Gasteiger partial charge >= 0.3 is 0 Å². The third-order valence-electron chi connectivity index (χ3n) is 6.33. The number of nitrogens with zero attached hydrogens (tertiary/aromatic N) is 1. The maximum absolute atomic E-state index is 13.0. The zero-order valence-corrected chi connectivity index (χ0v) is 14.8. The van der Waals surface area contributed by atoms with Crippen molar-refractivity contribution >= 4 is 24.2 Å². The van der Waals surface area contributed by atoms with Gasteiger partial charge in [0.05, 0.1) is 5.92 Å². The monoisotopic (exact) mass is 343 g/mol. The van der Waals surface area contributed by atoms with Crippen molar-refractivity contribution < 1.29 is 9.59 Å². The number of halogens is 1. The van der Waals surface area contributed by atoms with E-state index in [4.69, 9.17) is 11.5 Å². The van der Waals surface area contributed by atoms with Crippen molar-refractivity contribution in [3.05, 3.63) is 0 Å². The van der Waals surface area contributed by atoms with E-state index in [0.29, 0.717) is 18.4 Å². The molecule has 3 aliphatic rings. The van der Waals surface area contributed by atoms with Gasteiger partial charge in [0.2, 0.25) is 11.8 Å². The fourth-order valence-electron chi connectivity index (χ4n) is 4.87. The summed E-state index contributed by atoms with van der Waals surface area (Å²) in [5.74, 6) is 0.908. The van der Waals surface area contributed by atoms with Gasteiger partial charge < -0.3 is 16.4 Å². The molecule has 1 heterocycles.